The van der Waals surface area contributed by atoms with E-state index in [2.05, 4.69) is 0 Å². The number of hydrogen-bond acceptors (Lipinski definition) is 7. The van der Waals surface area contributed by atoms with E-state index < -0.39 is 30.1 Å². The summed E-state index contributed by atoms with van der Waals surface area (Å²) >= 11 is 0. The molecule has 0 saturated carbocycles. The minimum absolute atomic E-state index is 0.0136. The van der Waals surface area contributed by atoms with Crippen LogP contribution in [0.2, 0.25) is 0 Å². The zero-order valence-electron chi connectivity index (χ0n) is 20.8. The highest BCUT2D eigenvalue weighted by molar-refractivity contribution is 5.96. The predicted molar refractivity (Wildman–Crippen MR) is 128 cm³/mol. The van der Waals surface area contributed by atoms with Crippen LogP contribution in [0.4, 0.5) is 0 Å². The number of rotatable bonds is 4. The number of ketones is 2. The summed E-state index contributed by atoms with van der Waals surface area (Å²) in [5, 5.41) is 0. The summed E-state index contributed by atoms with van der Waals surface area (Å²) in [5.74, 6) is -1.22. The van der Waals surface area contributed by atoms with Crippen LogP contribution in [-0.4, -0.2) is 48.2 Å². The Labute approximate surface area is 201 Å². The van der Waals surface area contributed by atoms with Gasteiger partial charge in [-0.2, -0.15) is 0 Å². The summed E-state index contributed by atoms with van der Waals surface area (Å²) in [6.45, 7) is 10.8. The van der Waals surface area contributed by atoms with E-state index in [9.17, 15) is 14.4 Å². The maximum absolute atomic E-state index is 13.1. The fraction of sp³-hybridized carbons (Fsp3) is 0.519. The molecule has 0 radical (unpaired) electrons. The second kappa shape index (κ2) is 10.7. The zero-order chi connectivity index (χ0) is 25.0. The van der Waals surface area contributed by atoms with Crippen LogP contribution >= 0.6 is 0 Å². The van der Waals surface area contributed by atoms with Crippen molar-refractivity contribution in [1.29, 1.82) is 0 Å². The van der Waals surface area contributed by atoms with Gasteiger partial charge in [-0.1, -0.05) is 32.1 Å². The lowest BCUT2D eigenvalue weighted by Crippen LogP contribution is -2.30. The number of carbonyl (C=O) groups is 3. The van der Waals surface area contributed by atoms with Gasteiger partial charge in [-0.25, -0.2) is 4.79 Å². The summed E-state index contributed by atoms with van der Waals surface area (Å²) in [5.41, 5.74) is 1.72. The molecular formula is C27H34O7. The number of fused-ring (bicyclic) bond motifs is 2. The quantitative estimate of drug-likeness (QED) is 0.595. The fourth-order valence-corrected chi connectivity index (χ4v) is 3.95. The van der Waals surface area contributed by atoms with E-state index in [0.29, 0.717) is 35.3 Å². The molecule has 1 aromatic carbocycles. The smallest absolute Gasteiger partial charge is 0.339 e. The van der Waals surface area contributed by atoms with E-state index in [1.165, 1.54) is 6.08 Å². The number of aryl methyl sites for hydroxylation is 1. The average Bonchev–Trinajstić information content (AvgIpc) is 3.08. The van der Waals surface area contributed by atoms with Gasteiger partial charge in [-0.15, -0.1) is 0 Å². The highest BCUT2D eigenvalue weighted by atomic mass is 16.8. The Bertz CT molecular complexity index is 1000. The lowest BCUT2D eigenvalue weighted by atomic mass is 9.98. The third-order valence-electron chi connectivity index (χ3n) is 6.07. The Balaban J connectivity index is 2.00. The predicted octanol–water partition coefficient (Wildman–Crippen LogP) is 4.60. The molecule has 0 aromatic heterocycles. The van der Waals surface area contributed by atoms with E-state index in [0.717, 1.165) is 0 Å². The average molecular weight is 471 g/mol. The molecule has 1 aromatic rings. The highest BCUT2D eigenvalue weighted by Crippen LogP contribution is 2.32. The minimum atomic E-state index is -0.875. The molecule has 1 unspecified atom stereocenters. The molecule has 1 fully saturated rings. The molecule has 3 rings (SSSR count). The molecule has 2 aliphatic rings. The summed E-state index contributed by atoms with van der Waals surface area (Å²) in [4.78, 5) is 37.7. The number of ether oxygens (including phenoxy) is 4. The molecule has 0 spiro atoms. The largest absolute Gasteiger partial charge is 0.486 e. The Morgan fingerprint density at radius 2 is 1.88 bits per heavy atom. The first-order valence-corrected chi connectivity index (χ1v) is 11.7. The van der Waals surface area contributed by atoms with Crippen molar-refractivity contribution in [3.63, 3.8) is 0 Å². The van der Waals surface area contributed by atoms with Crippen LogP contribution in [0.1, 0.15) is 68.9 Å². The van der Waals surface area contributed by atoms with Crippen molar-refractivity contribution < 1.29 is 33.3 Å². The topological polar surface area (TPSA) is 88.1 Å². The van der Waals surface area contributed by atoms with Gasteiger partial charge in [0.05, 0.1) is 11.7 Å². The van der Waals surface area contributed by atoms with E-state index in [-0.39, 0.29) is 24.1 Å². The molecule has 2 heterocycles. The van der Waals surface area contributed by atoms with Crippen LogP contribution in [0.5, 0.6) is 5.75 Å². The van der Waals surface area contributed by atoms with Crippen LogP contribution in [-0.2, 0) is 23.8 Å². The summed E-state index contributed by atoms with van der Waals surface area (Å²) in [6.07, 6.45) is 6.04. The SMILES string of the molecule is CCC(=O)COc1cc(C)c2c(c1)/C=C/C[C@@H]1OC(C)(C)OC1C(=O)/C=C\[C@@H](C)[C@H](C)OC2=O. The van der Waals surface area contributed by atoms with E-state index >= 15 is 0 Å². The molecule has 0 bridgehead atoms. The van der Waals surface area contributed by atoms with Crippen molar-refractivity contribution in [3.05, 3.63) is 47.1 Å². The second-order valence-corrected chi connectivity index (χ2v) is 9.35. The molecule has 184 valence electrons. The number of benzene rings is 1. The number of cyclic esters (lactones) is 1. The molecular weight excluding hydrogens is 436 g/mol. The van der Waals surface area contributed by atoms with Gasteiger partial charge in [-0.05, 0) is 63.5 Å². The zero-order valence-corrected chi connectivity index (χ0v) is 20.8. The van der Waals surface area contributed by atoms with Crippen molar-refractivity contribution in [1.82, 2.24) is 0 Å². The van der Waals surface area contributed by atoms with Gasteiger partial charge in [0.2, 0.25) is 0 Å². The van der Waals surface area contributed by atoms with Crippen molar-refractivity contribution in [2.45, 2.75) is 78.5 Å². The molecule has 4 atom stereocenters. The highest BCUT2D eigenvalue weighted by Gasteiger charge is 2.43. The standard InChI is InChI=1S/C27H34O7/c1-7-20(28)15-31-21-13-17(3)24-19(14-21)9-8-10-23-25(34-27(5,6)33-23)22(29)12-11-16(2)18(4)32-26(24)30/h8-9,11-14,16,18,23,25H,7,10,15H2,1-6H3/b9-8+,12-11-/t16-,18+,23+,25?/m1/s1. The summed E-state index contributed by atoms with van der Waals surface area (Å²) < 4.78 is 23.3. The van der Waals surface area contributed by atoms with Crippen LogP contribution in [0.15, 0.2) is 30.4 Å². The number of hydrogen-bond donors (Lipinski definition) is 0. The number of carbonyl (C=O) groups excluding carboxylic acids is 3. The van der Waals surface area contributed by atoms with Gasteiger partial charge < -0.3 is 18.9 Å². The monoisotopic (exact) mass is 470 g/mol. The van der Waals surface area contributed by atoms with Crippen molar-refractivity contribution in [2.24, 2.45) is 5.92 Å². The van der Waals surface area contributed by atoms with Crippen molar-refractivity contribution in [2.75, 3.05) is 6.61 Å². The normalized spacial score (nSPS) is 28.8. The fourth-order valence-electron chi connectivity index (χ4n) is 3.95. The maximum atomic E-state index is 13.1. The Kier molecular flexibility index (Phi) is 8.10. The Morgan fingerprint density at radius 3 is 2.59 bits per heavy atom. The second-order valence-electron chi connectivity index (χ2n) is 9.35. The summed E-state index contributed by atoms with van der Waals surface area (Å²) in [7, 11) is 0. The molecule has 34 heavy (non-hydrogen) atoms. The number of Topliss-reactive ketones (excluding diaryl/α,β-unsaturated/α-hetero) is 1. The first-order chi connectivity index (χ1) is 16.0. The lowest BCUT2D eigenvalue weighted by Gasteiger charge is -2.20. The van der Waals surface area contributed by atoms with Crippen molar-refractivity contribution in [3.8, 4) is 5.75 Å². The van der Waals surface area contributed by atoms with Gasteiger partial charge >= 0.3 is 5.97 Å². The van der Waals surface area contributed by atoms with Gasteiger partial charge in [0.15, 0.2) is 17.4 Å². The number of esters is 1. The first-order valence-electron chi connectivity index (χ1n) is 11.7. The van der Waals surface area contributed by atoms with Crippen LogP contribution in [0, 0.1) is 12.8 Å². The van der Waals surface area contributed by atoms with Gasteiger partial charge in [-0.3, -0.25) is 9.59 Å². The third kappa shape index (κ3) is 6.21. The Hall–Kier alpha value is -2.77. The lowest BCUT2D eigenvalue weighted by molar-refractivity contribution is -0.152. The molecule has 0 aliphatic carbocycles. The van der Waals surface area contributed by atoms with E-state index in [4.69, 9.17) is 18.9 Å². The summed E-state index contributed by atoms with van der Waals surface area (Å²) in [6, 6.07) is 3.46. The molecule has 0 N–H and O–H groups in total. The molecule has 0 amide bonds. The van der Waals surface area contributed by atoms with Crippen LogP contribution in [0.25, 0.3) is 6.08 Å². The van der Waals surface area contributed by atoms with Crippen molar-refractivity contribution >= 4 is 23.6 Å². The van der Waals surface area contributed by atoms with E-state index in [1.807, 2.05) is 19.9 Å². The van der Waals surface area contributed by atoms with Gasteiger partial charge in [0.25, 0.3) is 0 Å². The Morgan fingerprint density at radius 1 is 1.15 bits per heavy atom. The third-order valence-corrected chi connectivity index (χ3v) is 6.07. The molecule has 7 heteroatoms. The van der Waals surface area contributed by atoms with E-state index in [1.54, 1.807) is 52.0 Å². The van der Waals surface area contributed by atoms with Gasteiger partial charge in [0.1, 0.15) is 24.6 Å². The van der Waals surface area contributed by atoms with Crippen LogP contribution in [0.3, 0.4) is 0 Å². The molecule has 7 nitrogen and oxygen atoms in total. The maximum Gasteiger partial charge on any atom is 0.339 e. The minimum Gasteiger partial charge on any atom is -0.486 e. The van der Waals surface area contributed by atoms with Crippen LogP contribution < -0.4 is 4.74 Å². The molecule has 1 saturated heterocycles. The molecule has 2 aliphatic heterocycles. The van der Waals surface area contributed by atoms with Gasteiger partial charge in [0, 0.05) is 12.3 Å². The first kappa shape index (κ1) is 25.8.